The van der Waals surface area contributed by atoms with Gasteiger partial charge >= 0.3 is 6.09 Å². The van der Waals surface area contributed by atoms with Crippen LogP contribution in [0.2, 0.25) is 0 Å². The van der Waals surface area contributed by atoms with E-state index < -0.39 is 29.3 Å². The number of ether oxygens (including phenoxy) is 1. The Hall–Kier alpha value is -2.22. The molecular formula is C30H51N3O4S. The molecule has 3 amide bonds. The van der Waals surface area contributed by atoms with Crippen LogP contribution in [0, 0.1) is 13.8 Å². The summed E-state index contributed by atoms with van der Waals surface area (Å²) in [4.78, 5) is 42.0. The zero-order chi connectivity index (χ0) is 29.1. The number of carbonyl (C=O) groups is 3. The molecule has 0 fully saturated rings. The number of rotatable bonds is 13. The van der Waals surface area contributed by atoms with Crippen LogP contribution in [0.25, 0.3) is 0 Å². The smallest absolute Gasteiger partial charge is 0.408 e. The number of nitrogens with zero attached hydrogens (tertiary/aromatic N) is 1. The predicted octanol–water partition coefficient (Wildman–Crippen LogP) is 6.27. The van der Waals surface area contributed by atoms with Crippen molar-refractivity contribution < 1.29 is 19.1 Å². The van der Waals surface area contributed by atoms with Crippen molar-refractivity contribution in [3.8, 4) is 0 Å². The second-order valence-corrected chi connectivity index (χ2v) is 12.6. The number of aryl methyl sites for hydroxylation is 2. The minimum atomic E-state index is -0.941. The molecule has 1 aromatic rings. The molecule has 2 N–H and O–H groups in total. The van der Waals surface area contributed by atoms with Gasteiger partial charge in [-0.25, -0.2) is 4.79 Å². The van der Waals surface area contributed by atoms with Crippen molar-refractivity contribution in [1.82, 2.24) is 15.5 Å². The lowest BCUT2D eigenvalue weighted by Crippen LogP contribution is -2.55. The standard InChI is InChI=1S/C30H51N3O4S/c1-10-11-12-13-14-15-16-33(27(35)24(20-38)31-28(36)37-30(7,8)9)25(26(34)32-29(4,5)6)23-18-21(2)17-22(3)19-23/h17-19,24-25,38H,10-16,20H2,1-9H3,(H,31,36)(H,32,34). The molecule has 0 aliphatic carbocycles. The van der Waals surface area contributed by atoms with Crippen molar-refractivity contribution in [2.24, 2.45) is 0 Å². The quantitative estimate of drug-likeness (QED) is 0.200. The number of nitrogens with one attached hydrogen (secondary N) is 2. The van der Waals surface area contributed by atoms with Crippen molar-refractivity contribution in [1.29, 1.82) is 0 Å². The molecule has 8 heteroatoms. The maximum atomic E-state index is 14.0. The highest BCUT2D eigenvalue weighted by Crippen LogP contribution is 2.27. The highest BCUT2D eigenvalue weighted by Gasteiger charge is 2.36. The molecule has 1 rings (SSSR count). The Morgan fingerprint density at radius 1 is 0.921 bits per heavy atom. The molecule has 2 atom stereocenters. The molecule has 0 aliphatic rings. The minimum absolute atomic E-state index is 0.0749. The largest absolute Gasteiger partial charge is 0.444 e. The molecule has 0 saturated carbocycles. The summed E-state index contributed by atoms with van der Waals surface area (Å²) in [5.41, 5.74) is 1.58. The van der Waals surface area contributed by atoms with Gasteiger partial charge in [-0.05, 0) is 67.4 Å². The van der Waals surface area contributed by atoms with Crippen LogP contribution in [0.15, 0.2) is 18.2 Å². The van der Waals surface area contributed by atoms with Crippen LogP contribution in [0.3, 0.4) is 0 Å². The van der Waals surface area contributed by atoms with E-state index in [-0.39, 0.29) is 17.6 Å². The molecule has 7 nitrogen and oxygen atoms in total. The summed E-state index contributed by atoms with van der Waals surface area (Å²) in [7, 11) is 0. The third-order valence-electron chi connectivity index (χ3n) is 5.83. The van der Waals surface area contributed by atoms with E-state index in [1.807, 2.05) is 52.8 Å². The summed E-state index contributed by atoms with van der Waals surface area (Å²) in [5, 5.41) is 5.75. The molecule has 0 spiro atoms. The lowest BCUT2D eigenvalue weighted by Gasteiger charge is -2.36. The van der Waals surface area contributed by atoms with Crippen molar-refractivity contribution in [2.45, 2.75) is 124 Å². The van der Waals surface area contributed by atoms with Crippen LogP contribution in [0.4, 0.5) is 4.79 Å². The first-order valence-electron chi connectivity index (χ1n) is 13.9. The Bertz CT molecular complexity index is 901. The summed E-state index contributed by atoms with van der Waals surface area (Å²) in [6.07, 6.45) is 5.58. The number of carbonyl (C=O) groups excluding carboxylic acids is 3. The van der Waals surface area contributed by atoms with Crippen LogP contribution in [0.1, 0.15) is 110 Å². The fraction of sp³-hybridized carbons (Fsp3) is 0.700. The van der Waals surface area contributed by atoms with Gasteiger partial charge < -0.3 is 20.3 Å². The zero-order valence-corrected chi connectivity index (χ0v) is 26.0. The van der Waals surface area contributed by atoms with E-state index in [2.05, 4.69) is 30.2 Å². The molecule has 0 radical (unpaired) electrons. The Morgan fingerprint density at radius 2 is 1.47 bits per heavy atom. The second kappa shape index (κ2) is 15.4. The van der Waals surface area contributed by atoms with Crippen molar-refractivity contribution in [2.75, 3.05) is 12.3 Å². The maximum Gasteiger partial charge on any atom is 0.408 e. The van der Waals surface area contributed by atoms with Gasteiger partial charge in [0.05, 0.1) is 0 Å². The van der Waals surface area contributed by atoms with E-state index in [4.69, 9.17) is 4.74 Å². The highest BCUT2D eigenvalue weighted by molar-refractivity contribution is 7.80. The Kier molecular flexibility index (Phi) is 13.7. The average molecular weight is 550 g/mol. The summed E-state index contributed by atoms with van der Waals surface area (Å²) in [6, 6.07) is 4.17. The van der Waals surface area contributed by atoms with Crippen LogP contribution in [0.5, 0.6) is 0 Å². The van der Waals surface area contributed by atoms with Crippen molar-refractivity contribution >= 4 is 30.5 Å². The van der Waals surface area contributed by atoms with Gasteiger partial charge in [-0.2, -0.15) is 12.6 Å². The molecule has 0 saturated heterocycles. The van der Waals surface area contributed by atoms with Gasteiger partial charge in [-0.3, -0.25) is 9.59 Å². The number of thiol groups is 1. The Balaban J connectivity index is 3.43. The Morgan fingerprint density at radius 3 is 1.97 bits per heavy atom. The first kappa shape index (κ1) is 33.8. The van der Waals surface area contributed by atoms with E-state index in [0.717, 1.165) is 48.8 Å². The predicted molar refractivity (Wildman–Crippen MR) is 159 cm³/mol. The lowest BCUT2D eigenvalue weighted by atomic mass is 9.97. The first-order valence-corrected chi connectivity index (χ1v) is 14.5. The number of unbranched alkanes of at least 4 members (excludes halogenated alkanes) is 5. The molecule has 0 aliphatic heterocycles. The van der Waals surface area contributed by atoms with E-state index in [9.17, 15) is 14.4 Å². The lowest BCUT2D eigenvalue weighted by molar-refractivity contribution is -0.142. The summed E-state index contributed by atoms with van der Waals surface area (Å²) in [5.74, 6) is -0.532. The van der Waals surface area contributed by atoms with Gasteiger partial charge in [0, 0.05) is 17.8 Å². The van der Waals surface area contributed by atoms with Crippen LogP contribution >= 0.6 is 12.6 Å². The van der Waals surface area contributed by atoms with Crippen molar-refractivity contribution in [3.63, 3.8) is 0 Å². The zero-order valence-electron chi connectivity index (χ0n) is 25.1. The SMILES string of the molecule is CCCCCCCCN(C(=O)C(CS)NC(=O)OC(C)(C)C)C(C(=O)NC(C)(C)C)c1cc(C)cc(C)c1. The number of hydrogen-bond donors (Lipinski definition) is 3. The summed E-state index contributed by atoms with van der Waals surface area (Å²) >= 11 is 4.37. The van der Waals surface area contributed by atoms with Gasteiger partial charge in [0.1, 0.15) is 17.7 Å². The van der Waals surface area contributed by atoms with Crippen molar-refractivity contribution in [3.05, 3.63) is 34.9 Å². The molecule has 0 aromatic heterocycles. The molecular weight excluding hydrogens is 498 g/mol. The first-order chi connectivity index (χ1) is 17.6. The fourth-order valence-electron chi connectivity index (χ4n) is 4.34. The third kappa shape index (κ3) is 12.5. The minimum Gasteiger partial charge on any atom is -0.444 e. The van der Waals surface area contributed by atoms with Gasteiger partial charge in [0.15, 0.2) is 0 Å². The fourth-order valence-corrected chi connectivity index (χ4v) is 4.59. The van der Waals surface area contributed by atoms with E-state index in [1.54, 1.807) is 25.7 Å². The molecule has 0 heterocycles. The molecule has 38 heavy (non-hydrogen) atoms. The van der Waals surface area contributed by atoms with Gasteiger partial charge in [0.25, 0.3) is 0 Å². The van der Waals surface area contributed by atoms with Gasteiger partial charge in [-0.15, -0.1) is 0 Å². The normalized spacial score (nSPS) is 13.4. The van der Waals surface area contributed by atoms with E-state index in [1.165, 1.54) is 6.42 Å². The van der Waals surface area contributed by atoms with E-state index >= 15 is 0 Å². The molecule has 216 valence electrons. The van der Waals surface area contributed by atoms with Crippen LogP contribution in [-0.2, 0) is 14.3 Å². The topological polar surface area (TPSA) is 87.7 Å². The number of amides is 3. The third-order valence-corrected chi connectivity index (χ3v) is 6.19. The monoisotopic (exact) mass is 549 g/mol. The van der Waals surface area contributed by atoms with Crippen LogP contribution < -0.4 is 10.6 Å². The van der Waals surface area contributed by atoms with Gasteiger partial charge in [0.2, 0.25) is 11.8 Å². The van der Waals surface area contributed by atoms with Gasteiger partial charge in [-0.1, -0.05) is 68.4 Å². The molecule has 1 aromatic carbocycles. The van der Waals surface area contributed by atoms with Crippen LogP contribution in [-0.4, -0.2) is 52.3 Å². The maximum absolute atomic E-state index is 14.0. The summed E-state index contributed by atoms with van der Waals surface area (Å²) < 4.78 is 5.39. The number of hydrogen-bond acceptors (Lipinski definition) is 5. The second-order valence-electron chi connectivity index (χ2n) is 12.2. The highest BCUT2D eigenvalue weighted by atomic mass is 32.1. The average Bonchev–Trinajstić information content (AvgIpc) is 2.75. The van der Waals surface area contributed by atoms with E-state index in [0.29, 0.717) is 6.54 Å². The molecule has 2 unspecified atom stereocenters. The Labute approximate surface area is 236 Å². The number of alkyl carbamates (subject to hydrolysis) is 1. The molecule has 0 bridgehead atoms. The number of benzene rings is 1. The summed E-state index contributed by atoms with van der Waals surface area (Å²) in [6.45, 7) is 17.6.